The van der Waals surface area contributed by atoms with E-state index >= 15 is 0 Å². The highest BCUT2D eigenvalue weighted by molar-refractivity contribution is 9.10. The van der Waals surface area contributed by atoms with Crippen LogP contribution in [0.25, 0.3) is 0 Å². The van der Waals surface area contributed by atoms with Crippen molar-refractivity contribution < 1.29 is 18.0 Å². The number of benzene rings is 4. The first-order chi connectivity index (χ1) is 21.5. The van der Waals surface area contributed by atoms with Crippen LogP contribution < -0.4 is 9.62 Å². The van der Waals surface area contributed by atoms with Gasteiger partial charge < -0.3 is 10.2 Å². The quantitative estimate of drug-likeness (QED) is 0.165. The molecule has 9 heteroatoms. The Morgan fingerprint density at radius 2 is 1.33 bits per heavy atom. The molecule has 0 unspecified atom stereocenters. The minimum absolute atomic E-state index is 0.0728. The van der Waals surface area contributed by atoms with Gasteiger partial charge in [-0.25, -0.2) is 8.42 Å². The van der Waals surface area contributed by atoms with E-state index in [9.17, 15) is 18.0 Å². The second-order valence-corrected chi connectivity index (χ2v) is 14.4. The lowest BCUT2D eigenvalue weighted by Gasteiger charge is -2.34. The van der Waals surface area contributed by atoms with Crippen molar-refractivity contribution >= 4 is 43.5 Å². The second-order valence-electron chi connectivity index (χ2n) is 11.6. The number of anilines is 1. The van der Waals surface area contributed by atoms with Crippen LogP contribution >= 0.6 is 15.9 Å². The van der Waals surface area contributed by atoms with Gasteiger partial charge in [0.1, 0.15) is 12.6 Å². The lowest BCUT2D eigenvalue weighted by Crippen LogP contribution is -2.54. The van der Waals surface area contributed by atoms with Crippen molar-refractivity contribution in [2.45, 2.75) is 63.6 Å². The third-order valence-electron chi connectivity index (χ3n) is 7.43. The molecule has 0 fully saturated rings. The van der Waals surface area contributed by atoms with Gasteiger partial charge in [0.15, 0.2) is 0 Å². The van der Waals surface area contributed by atoms with Gasteiger partial charge in [0, 0.05) is 23.5 Å². The normalized spacial score (nSPS) is 12.2. The Labute approximate surface area is 275 Å². The number of carbonyl (C=O) groups excluding carboxylic acids is 2. The van der Waals surface area contributed by atoms with Gasteiger partial charge in [0.05, 0.1) is 10.6 Å². The third kappa shape index (κ3) is 9.05. The lowest BCUT2D eigenvalue weighted by molar-refractivity contribution is -0.140. The van der Waals surface area contributed by atoms with E-state index in [1.54, 1.807) is 30.3 Å². The van der Waals surface area contributed by atoms with Gasteiger partial charge in [-0.3, -0.25) is 13.9 Å². The zero-order valence-electron chi connectivity index (χ0n) is 26.1. The van der Waals surface area contributed by atoms with Crippen LogP contribution in [0.5, 0.6) is 0 Å². The fraction of sp³-hybridized carbons (Fsp3) is 0.278. The Kier molecular flexibility index (Phi) is 11.6. The fourth-order valence-corrected chi connectivity index (χ4v) is 6.69. The number of sulfonamides is 1. The summed E-state index contributed by atoms with van der Waals surface area (Å²) in [6.45, 7) is 7.48. The van der Waals surface area contributed by atoms with Crippen molar-refractivity contribution in [1.82, 2.24) is 10.2 Å². The summed E-state index contributed by atoms with van der Waals surface area (Å²) in [6, 6.07) is 31.3. The topological polar surface area (TPSA) is 86.8 Å². The molecule has 4 aromatic rings. The molecule has 1 atom stereocenters. The maximum atomic E-state index is 14.5. The van der Waals surface area contributed by atoms with Crippen molar-refractivity contribution in [2.75, 3.05) is 10.8 Å². The lowest BCUT2D eigenvalue weighted by atomic mass is 10.0. The molecule has 45 heavy (non-hydrogen) atoms. The van der Waals surface area contributed by atoms with Crippen molar-refractivity contribution in [3.05, 3.63) is 130 Å². The number of nitrogens with one attached hydrogen (secondary N) is 1. The minimum Gasteiger partial charge on any atom is -0.352 e. The van der Waals surface area contributed by atoms with Gasteiger partial charge in [-0.05, 0) is 72.9 Å². The highest BCUT2D eigenvalue weighted by atomic mass is 79.9. The molecule has 0 radical (unpaired) electrons. The summed E-state index contributed by atoms with van der Waals surface area (Å²) >= 11 is 3.46. The first-order valence-corrected chi connectivity index (χ1v) is 17.2. The van der Waals surface area contributed by atoms with Crippen LogP contribution in [0, 0.1) is 0 Å². The zero-order valence-corrected chi connectivity index (χ0v) is 28.5. The van der Waals surface area contributed by atoms with E-state index in [1.807, 2.05) is 80.6 Å². The molecular formula is C36H40BrN3O4S. The molecule has 0 aliphatic carbocycles. The van der Waals surface area contributed by atoms with E-state index in [2.05, 4.69) is 35.1 Å². The molecule has 4 rings (SSSR count). The van der Waals surface area contributed by atoms with E-state index in [4.69, 9.17) is 0 Å². The van der Waals surface area contributed by atoms with Gasteiger partial charge in [-0.15, -0.1) is 0 Å². The second kappa shape index (κ2) is 15.4. The van der Waals surface area contributed by atoms with E-state index in [0.29, 0.717) is 5.69 Å². The summed E-state index contributed by atoms with van der Waals surface area (Å²) < 4.78 is 30.3. The van der Waals surface area contributed by atoms with Gasteiger partial charge in [0.2, 0.25) is 11.8 Å². The van der Waals surface area contributed by atoms with Crippen LogP contribution in [-0.4, -0.2) is 43.8 Å². The predicted octanol–water partition coefficient (Wildman–Crippen LogP) is 6.93. The van der Waals surface area contributed by atoms with Gasteiger partial charge >= 0.3 is 0 Å². The standard InChI is InChI=1S/C36H40BrN3O4S/c1-26(2)30-17-21-32(22-18-30)40(45(43,44)33-13-9-6-10-14-33)25-35(41)39(24-29-15-19-31(37)20-16-29)34(36(42)38-27(3)4)23-28-11-7-5-8-12-28/h5-22,26-27,34H,23-25H2,1-4H3,(H,38,42)/t34-/m0/s1. The summed E-state index contributed by atoms with van der Waals surface area (Å²) in [7, 11) is -4.14. The highest BCUT2D eigenvalue weighted by Crippen LogP contribution is 2.27. The summed E-state index contributed by atoms with van der Waals surface area (Å²) in [4.78, 5) is 29.9. The van der Waals surface area contributed by atoms with Crippen molar-refractivity contribution in [2.24, 2.45) is 0 Å². The monoisotopic (exact) mass is 689 g/mol. The maximum absolute atomic E-state index is 14.5. The molecule has 0 spiro atoms. The fourth-order valence-electron chi connectivity index (χ4n) is 5.00. The molecule has 7 nitrogen and oxygen atoms in total. The highest BCUT2D eigenvalue weighted by Gasteiger charge is 2.34. The SMILES string of the molecule is CC(C)NC(=O)[C@H](Cc1ccccc1)N(Cc1ccc(Br)cc1)C(=O)CN(c1ccc(C(C)C)cc1)S(=O)(=O)c1ccccc1. The maximum Gasteiger partial charge on any atom is 0.264 e. The summed E-state index contributed by atoms with van der Waals surface area (Å²) in [5.41, 5.74) is 3.10. The number of nitrogens with zero attached hydrogens (tertiary/aromatic N) is 2. The molecule has 0 saturated heterocycles. The first-order valence-electron chi connectivity index (χ1n) is 15.0. The van der Waals surface area contributed by atoms with Gasteiger partial charge in [0.25, 0.3) is 10.0 Å². The minimum atomic E-state index is -4.14. The zero-order chi connectivity index (χ0) is 32.6. The Morgan fingerprint density at radius 3 is 1.89 bits per heavy atom. The van der Waals surface area contributed by atoms with Crippen molar-refractivity contribution in [3.8, 4) is 0 Å². The number of hydrogen-bond acceptors (Lipinski definition) is 4. The third-order valence-corrected chi connectivity index (χ3v) is 9.74. The van der Waals surface area contributed by atoms with Crippen LogP contribution in [-0.2, 0) is 32.6 Å². The van der Waals surface area contributed by atoms with Crippen molar-refractivity contribution in [3.63, 3.8) is 0 Å². The van der Waals surface area contributed by atoms with Crippen LogP contribution in [0.4, 0.5) is 5.69 Å². The Balaban J connectivity index is 1.80. The van der Waals surface area contributed by atoms with Crippen LogP contribution in [0.2, 0.25) is 0 Å². The molecule has 0 saturated carbocycles. The molecule has 2 amide bonds. The summed E-state index contributed by atoms with van der Waals surface area (Å²) in [5.74, 6) is -0.553. The molecule has 0 aliphatic heterocycles. The molecular weight excluding hydrogens is 650 g/mol. The van der Waals surface area contributed by atoms with Crippen LogP contribution in [0.1, 0.15) is 50.3 Å². The van der Waals surface area contributed by atoms with Crippen LogP contribution in [0.3, 0.4) is 0 Å². The Hall–Kier alpha value is -3.95. The number of amides is 2. The summed E-state index contributed by atoms with van der Waals surface area (Å²) in [5, 5.41) is 2.98. The molecule has 0 bridgehead atoms. The summed E-state index contributed by atoms with van der Waals surface area (Å²) in [6.07, 6.45) is 0.260. The van der Waals surface area contributed by atoms with E-state index in [-0.39, 0.29) is 35.7 Å². The molecule has 236 valence electrons. The smallest absolute Gasteiger partial charge is 0.264 e. The number of rotatable bonds is 13. The van der Waals surface area contributed by atoms with E-state index in [0.717, 1.165) is 25.5 Å². The number of hydrogen-bond donors (Lipinski definition) is 1. The molecule has 0 aliphatic rings. The van der Waals surface area contributed by atoms with Gasteiger partial charge in [-0.2, -0.15) is 0 Å². The van der Waals surface area contributed by atoms with Gasteiger partial charge in [-0.1, -0.05) is 103 Å². The first kappa shape index (κ1) is 33.9. The molecule has 1 N–H and O–H groups in total. The Bertz CT molecular complexity index is 1660. The van der Waals surface area contributed by atoms with Crippen molar-refractivity contribution in [1.29, 1.82) is 0 Å². The average molecular weight is 691 g/mol. The van der Waals surface area contributed by atoms with E-state index in [1.165, 1.54) is 17.0 Å². The predicted molar refractivity (Wildman–Crippen MR) is 183 cm³/mol. The number of halogens is 1. The molecule has 0 aromatic heterocycles. The molecule has 4 aromatic carbocycles. The van der Waals surface area contributed by atoms with Crippen LogP contribution in [0.15, 0.2) is 119 Å². The Morgan fingerprint density at radius 1 is 0.756 bits per heavy atom. The largest absolute Gasteiger partial charge is 0.352 e. The molecule has 0 heterocycles. The average Bonchev–Trinajstić information content (AvgIpc) is 3.03. The number of carbonyl (C=O) groups is 2. The van der Waals surface area contributed by atoms with E-state index < -0.39 is 28.5 Å².